The Labute approximate surface area is 212 Å². The van der Waals surface area contributed by atoms with Crippen molar-refractivity contribution in [1.29, 1.82) is 5.26 Å². The van der Waals surface area contributed by atoms with Gasteiger partial charge in [-0.25, -0.2) is 9.37 Å². The van der Waals surface area contributed by atoms with Crippen LogP contribution < -0.4 is 10.5 Å². The molecule has 0 aliphatic carbocycles. The molecule has 1 fully saturated rings. The predicted molar refractivity (Wildman–Crippen MR) is 134 cm³/mol. The van der Waals surface area contributed by atoms with Gasteiger partial charge in [0.1, 0.15) is 23.1 Å². The maximum absolute atomic E-state index is 14.9. The Kier molecular flexibility index (Phi) is 7.29. The van der Waals surface area contributed by atoms with Crippen LogP contribution >= 0.6 is 0 Å². The van der Waals surface area contributed by atoms with E-state index in [1.54, 1.807) is 25.2 Å². The van der Waals surface area contributed by atoms with Crippen LogP contribution in [0.4, 0.5) is 23.2 Å². The molecule has 3 aromatic rings. The second kappa shape index (κ2) is 10.1. The molecule has 1 saturated heterocycles. The highest BCUT2D eigenvalue weighted by Gasteiger charge is 2.38. The minimum atomic E-state index is -4.61. The van der Waals surface area contributed by atoms with E-state index in [1.165, 1.54) is 10.6 Å². The topological polar surface area (TPSA) is 65.2 Å². The van der Waals surface area contributed by atoms with Gasteiger partial charge in [-0.1, -0.05) is 19.9 Å². The summed E-state index contributed by atoms with van der Waals surface area (Å²) in [5.74, 6) is -0.876. The number of benzene rings is 1. The third-order valence-electron chi connectivity index (χ3n) is 7.45. The van der Waals surface area contributed by atoms with Crippen molar-refractivity contribution in [3.05, 3.63) is 69.4 Å². The number of piperazine rings is 1. The standard InChI is InChI=1S/C27H29F4N5O/c1-5-19-15-36(24-12-25(37)34(4)23-10-8-18(13-32)33-26(23)24)20(6-2)14-35(19)16(3)21-9-7-17(11-22(21)28)27(29,30)31/h7-12,16,19-20H,5-6,14-15H2,1-4H3/t16?,19?,20-/m0/s1. The molecule has 0 bridgehead atoms. The van der Waals surface area contributed by atoms with Crippen molar-refractivity contribution in [2.45, 2.75) is 57.9 Å². The average molecular weight is 516 g/mol. The summed E-state index contributed by atoms with van der Waals surface area (Å²) in [5.41, 5.74) is 1.09. The lowest BCUT2D eigenvalue weighted by molar-refractivity contribution is -0.137. The van der Waals surface area contributed by atoms with Gasteiger partial charge in [-0.3, -0.25) is 9.69 Å². The Morgan fingerprint density at radius 1 is 1.11 bits per heavy atom. The first-order valence-corrected chi connectivity index (χ1v) is 12.3. The van der Waals surface area contributed by atoms with E-state index in [-0.39, 0.29) is 28.9 Å². The lowest BCUT2D eigenvalue weighted by atomic mass is 9.95. The fourth-order valence-electron chi connectivity index (χ4n) is 5.27. The predicted octanol–water partition coefficient (Wildman–Crippen LogP) is 5.40. The third-order valence-corrected chi connectivity index (χ3v) is 7.45. The van der Waals surface area contributed by atoms with Gasteiger partial charge in [0, 0.05) is 49.9 Å². The van der Waals surface area contributed by atoms with Gasteiger partial charge < -0.3 is 9.47 Å². The smallest absolute Gasteiger partial charge is 0.364 e. The molecule has 3 atom stereocenters. The van der Waals surface area contributed by atoms with E-state index in [4.69, 9.17) is 0 Å². The molecule has 6 nitrogen and oxygen atoms in total. The number of pyridine rings is 2. The molecular weight excluding hydrogens is 486 g/mol. The summed E-state index contributed by atoms with van der Waals surface area (Å²) in [6, 6.07) is 9.03. The second-order valence-corrected chi connectivity index (χ2v) is 9.49. The maximum Gasteiger partial charge on any atom is 0.416 e. The molecule has 37 heavy (non-hydrogen) atoms. The van der Waals surface area contributed by atoms with Crippen molar-refractivity contribution in [3.63, 3.8) is 0 Å². The van der Waals surface area contributed by atoms with E-state index in [0.29, 0.717) is 48.7 Å². The molecule has 0 spiro atoms. The molecule has 3 heterocycles. The number of halogens is 4. The van der Waals surface area contributed by atoms with Crippen molar-refractivity contribution in [1.82, 2.24) is 14.5 Å². The number of rotatable bonds is 5. The zero-order valence-corrected chi connectivity index (χ0v) is 21.2. The van der Waals surface area contributed by atoms with Crippen LogP contribution in [0, 0.1) is 17.1 Å². The number of aryl methyl sites for hydroxylation is 1. The Hall–Kier alpha value is -3.45. The molecular formula is C27H29F4N5O. The molecule has 2 unspecified atom stereocenters. The molecule has 196 valence electrons. The SMILES string of the molecule is CCC1CN(c2cc(=O)n(C)c3ccc(C#N)nc23)[C@@H](CC)CN1C(C)c1ccc(C(F)(F)F)cc1F. The number of hydrogen-bond donors (Lipinski definition) is 0. The molecule has 4 rings (SSSR count). The summed E-state index contributed by atoms with van der Waals surface area (Å²) in [4.78, 5) is 21.6. The van der Waals surface area contributed by atoms with Crippen molar-refractivity contribution in [2.24, 2.45) is 7.05 Å². The van der Waals surface area contributed by atoms with Crippen molar-refractivity contribution in [2.75, 3.05) is 18.0 Å². The van der Waals surface area contributed by atoms with Crippen LogP contribution in [-0.2, 0) is 13.2 Å². The largest absolute Gasteiger partial charge is 0.416 e. The van der Waals surface area contributed by atoms with Gasteiger partial charge in [0.15, 0.2) is 0 Å². The highest BCUT2D eigenvalue weighted by atomic mass is 19.4. The highest BCUT2D eigenvalue weighted by Crippen LogP contribution is 2.36. The third kappa shape index (κ3) is 4.92. The van der Waals surface area contributed by atoms with Gasteiger partial charge in [-0.05, 0) is 44.0 Å². The van der Waals surface area contributed by atoms with Gasteiger partial charge >= 0.3 is 6.18 Å². The Morgan fingerprint density at radius 3 is 2.41 bits per heavy atom. The summed E-state index contributed by atoms with van der Waals surface area (Å²) in [6.45, 7) is 6.87. The summed E-state index contributed by atoms with van der Waals surface area (Å²) >= 11 is 0. The first kappa shape index (κ1) is 26.6. The van der Waals surface area contributed by atoms with Gasteiger partial charge in [0.2, 0.25) is 0 Å². The van der Waals surface area contributed by atoms with Gasteiger partial charge in [-0.15, -0.1) is 0 Å². The molecule has 10 heteroatoms. The summed E-state index contributed by atoms with van der Waals surface area (Å²) in [7, 11) is 1.66. The summed E-state index contributed by atoms with van der Waals surface area (Å²) in [5, 5.41) is 9.39. The van der Waals surface area contributed by atoms with Gasteiger partial charge in [0.05, 0.1) is 16.8 Å². The van der Waals surface area contributed by atoms with Gasteiger partial charge in [0.25, 0.3) is 5.56 Å². The zero-order valence-electron chi connectivity index (χ0n) is 21.2. The van der Waals surface area contributed by atoms with Crippen LogP contribution in [0.2, 0.25) is 0 Å². The first-order valence-electron chi connectivity index (χ1n) is 12.3. The van der Waals surface area contributed by atoms with Gasteiger partial charge in [-0.2, -0.15) is 18.4 Å². The normalized spacial score (nSPS) is 19.7. The molecule has 0 saturated carbocycles. The van der Waals surface area contributed by atoms with Crippen LogP contribution in [0.15, 0.2) is 41.2 Å². The minimum Gasteiger partial charge on any atom is -0.364 e. The molecule has 0 N–H and O–H groups in total. The summed E-state index contributed by atoms with van der Waals surface area (Å²) < 4.78 is 55.5. The van der Waals surface area contributed by atoms with Crippen LogP contribution in [0.1, 0.15) is 56.5 Å². The lowest BCUT2D eigenvalue weighted by Crippen LogP contribution is -2.59. The van der Waals surface area contributed by atoms with E-state index in [9.17, 15) is 27.6 Å². The van der Waals surface area contributed by atoms with E-state index < -0.39 is 23.6 Å². The van der Waals surface area contributed by atoms with E-state index in [0.717, 1.165) is 6.07 Å². The fourth-order valence-corrected chi connectivity index (χ4v) is 5.27. The number of nitriles is 1. The monoisotopic (exact) mass is 515 g/mol. The number of anilines is 1. The van der Waals surface area contributed by atoms with Crippen LogP contribution in [0.5, 0.6) is 0 Å². The lowest BCUT2D eigenvalue weighted by Gasteiger charge is -2.49. The van der Waals surface area contributed by atoms with E-state index in [1.807, 2.05) is 20.8 Å². The zero-order chi connectivity index (χ0) is 27.1. The number of hydrogen-bond acceptors (Lipinski definition) is 5. The number of fused-ring (bicyclic) bond motifs is 1. The van der Waals surface area contributed by atoms with E-state index in [2.05, 4.69) is 20.9 Å². The Balaban J connectivity index is 1.73. The first-order chi connectivity index (χ1) is 17.5. The maximum atomic E-state index is 14.9. The van der Waals surface area contributed by atoms with Crippen molar-refractivity contribution in [3.8, 4) is 6.07 Å². The molecule has 0 radical (unpaired) electrons. The van der Waals surface area contributed by atoms with Crippen molar-refractivity contribution >= 4 is 16.7 Å². The van der Waals surface area contributed by atoms with Crippen LogP contribution in [-0.4, -0.2) is 39.6 Å². The summed E-state index contributed by atoms with van der Waals surface area (Å²) in [6.07, 6.45) is -3.19. The molecule has 2 aromatic heterocycles. The minimum absolute atomic E-state index is 0.0576. The van der Waals surface area contributed by atoms with Crippen LogP contribution in [0.3, 0.4) is 0 Å². The Bertz CT molecular complexity index is 1410. The second-order valence-electron chi connectivity index (χ2n) is 9.49. The van der Waals surface area contributed by atoms with Crippen LogP contribution in [0.25, 0.3) is 11.0 Å². The van der Waals surface area contributed by atoms with E-state index >= 15 is 0 Å². The van der Waals surface area contributed by atoms with Crippen molar-refractivity contribution < 1.29 is 17.6 Å². The molecule has 1 aromatic carbocycles. The number of alkyl halides is 3. The number of nitrogens with zero attached hydrogens (tertiary/aromatic N) is 5. The fraction of sp³-hybridized carbons (Fsp3) is 0.444. The quantitative estimate of drug-likeness (QED) is 0.426. The highest BCUT2D eigenvalue weighted by molar-refractivity contribution is 5.89. The molecule has 1 aliphatic heterocycles. The average Bonchev–Trinajstić information content (AvgIpc) is 2.88. The molecule has 1 aliphatic rings. The Morgan fingerprint density at radius 2 is 1.81 bits per heavy atom. The molecule has 0 amide bonds. The number of aromatic nitrogens is 2.